The lowest BCUT2D eigenvalue weighted by atomic mass is 10.0. The van der Waals surface area contributed by atoms with E-state index < -0.39 is 11.8 Å². The number of carbonyl (C=O) groups excluding carboxylic acids is 2. The van der Waals surface area contributed by atoms with Crippen LogP contribution in [0.1, 0.15) is 11.1 Å². The molecule has 1 saturated heterocycles. The third kappa shape index (κ3) is 3.98. The normalized spacial score (nSPS) is 15.9. The number of thiocarbonyl (C=S) groups is 1. The molecule has 1 N–H and O–H groups in total. The van der Waals surface area contributed by atoms with Crippen LogP contribution in [0.15, 0.2) is 42.0 Å². The molecular formula is C19H14Cl2N2O3S. The molecule has 2 amide bonds. The van der Waals surface area contributed by atoms with Crippen LogP contribution in [0.2, 0.25) is 10.0 Å². The molecule has 1 fully saturated rings. The van der Waals surface area contributed by atoms with Crippen LogP contribution in [0.5, 0.6) is 5.75 Å². The number of aryl methyl sites for hydroxylation is 1. The van der Waals surface area contributed by atoms with Gasteiger partial charge in [-0.25, -0.2) is 0 Å². The summed E-state index contributed by atoms with van der Waals surface area (Å²) in [4.78, 5) is 26.5. The maximum atomic E-state index is 13.0. The zero-order valence-electron chi connectivity index (χ0n) is 14.4. The first-order valence-electron chi connectivity index (χ1n) is 7.82. The summed E-state index contributed by atoms with van der Waals surface area (Å²) >= 11 is 17.2. The molecule has 5 nitrogen and oxygen atoms in total. The van der Waals surface area contributed by atoms with E-state index in [1.54, 1.807) is 37.4 Å². The number of rotatable bonds is 3. The minimum absolute atomic E-state index is 0.0357. The van der Waals surface area contributed by atoms with Crippen molar-refractivity contribution in [3.05, 3.63) is 63.1 Å². The lowest BCUT2D eigenvalue weighted by Gasteiger charge is -2.29. The van der Waals surface area contributed by atoms with Gasteiger partial charge < -0.3 is 4.74 Å². The minimum Gasteiger partial charge on any atom is -0.496 e. The fourth-order valence-electron chi connectivity index (χ4n) is 2.72. The summed E-state index contributed by atoms with van der Waals surface area (Å²) in [5.74, 6) is -0.411. The van der Waals surface area contributed by atoms with Gasteiger partial charge >= 0.3 is 0 Å². The van der Waals surface area contributed by atoms with Crippen LogP contribution in [-0.2, 0) is 9.59 Å². The first kappa shape index (κ1) is 19.4. The first-order chi connectivity index (χ1) is 12.8. The van der Waals surface area contributed by atoms with Crippen molar-refractivity contribution in [2.75, 3.05) is 12.0 Å². The molecule has 1 heterocycles. The zero-order valence-corrected chi connectivity index (χ0v) is 16.7. The SMILES string of the molecule is COc1ccc(/C=C2\C(=O)NC(=S)N(c3cc(Cl)cc(Cl)c3)C2=O)cc1C. The third-order valence-electron chi connectivity index (χ3n) is 3.94. The molecule has 1 aliphatic rings. The fraction of sp³-hybridized carbons (Fsp3) is 0.105. The Hall–Kier alpha value is -2.41. The number of hydrogen-bond acceptors (Lipinski definition) is 4. The predicted molar refractivity (Wildman–Crippen MR) is 110 cm³/mol. The maximum absolute atomic E-state index is 13.0. The first-order valence-corrected chi connectivity index (χ1v) is 8.99. The standard InChI is InChI=1S/C19H14Cl2N2O3S/c1-10-5-11(3-4-16(10)26-2)6-15-17(24)22-19(27)23(18(15)25)14-8-12(20)7-13(21)9-14/h3-9H,1-2H3,(H,22,24,27)/b15-6+. The highest BCUT2D eigenvalue weighted by molar-refractivity contribution is 7.80. The largest absolute Gasteiger partial charge is 0.496 e. The van der Waals surface area contributed by atoms with Gasteiger partial charge in [-0.15, -0.1) is 0 Å². The highest BCUT2D eigenvalue weighted by atomic mass is 35.5. The van der Waals surface area contributed by atoms with Crippen LogP contribution in [0.25, 0.3) is 6.08 Å². The van der Waals surface area contributed by atoms with Gasteiger partial charge in [0.25, 0.3) is 11.8 Å². The lowest BCUT2D eigenvalue weighted by molar-refractivity contribution is -0.122. The van der Waals surface area contributed by atoms with Crippen LogP contribution in [-0.4, -0.2) is 24.0 Å². The Morgan fingerprint density at radius 3 is 2.37 bits per heavy atom. The average molecular weight is 421 g/mol. The summed E-state index contributed by atoms with van der Waals surface area (Å²) in [5, 5.41) is 3.18. The summed E-state index contributed by atoms with van der Waals surface area (Å²) in [7, 11) is 1.58. The van der Waals surface area contributed by atoms with Gasteiger partial charge in [-0.2, -0.15) is 0 Å². The van der Waals surface area contributed by atoms with E-state index in [0.717, 1.165) is 5.56 Å². The van der Waals surface area contributed by atoms with E-state index in [2.05, 4.69) is 5.32 Å². The number of benzene rings is 2. The van der Waals surface area contributed by atoms with Gasteiger partial charge in [0.15, 0.2) is 5.11 Å². The van der Waals surface area contributed by atoms with Crippen molar-refractivity contribution in [2.24, 2.45) is 0 Å². The molecule has 2 aromatic rings. The average Bonchev–Trinajstić information content (AvgIpc) is 2.57. The van der Waals surface area contributed by atoms with Crippen LogP contribution in [0.3, 0.4) is 0 Å². The molecule has 138 valence electrons. The Morgan fingerprint density at radius 1 is 1.11 bits per heavy atom. The minimum atomic E-state index is -0.567. The second kappa shape index (κ2) is 7.68. The van der Waals surface area contributed by atoms with Gasteiger partial charge in [0.1, 0.15) is 11.3 Å². The van der Waals surface area contributed by atoms with Crippen LogP contribution in [0, 0.1) is 6.92 Å². The Bertz CT molecular complexity index is 984. The van der Waals surface area contributed by atoms with Crippen LogP contribution in [0.4, 0.5) is 5.69 Å². The van der Waals surface area contributed by atoms with Crippen molar-refractivity contribution in [3.8, 4) is 5.75 Å². The van der Waals surface area contributed by atoms with E-state index >= 15 is 0 Å². The number of methoxy groups -OCH3 is 1. The van der Waals surface area contributed by atoms with Crippen LogP contribution >= 0.6 is 35.4 Å². The second-order valence-corrected chi connectivity index (χ2v) is 7.07. The topological polar surface area (TPSA) is 58.6 Å². The number of amides is 2. The molecule has 2 aromatic carbocycles. The number of nitrogens with zero attached hydrogens (tertiary/aromatic N) is 1. The molecular weight excluding hydrogens is 407 g/mol. The molecule has 0 aliphatic carbocycles. The lowest BCUT2D eigenvalue weighted by Crippen LogP contribution is -2.54. The van der Waals surface area contributed by atoms with E-state index in [0.29, 0.717) is 27.0 Å². The van der Waals surface area contributed by atoms with E-state index in [-0.39, 0.29) is 10.7 Å². The number of halogens is 2. The summed E-state index contributed by atoms with van der Waals surface area (Å²) in [6.45, 7) is 1.87. The Morgan fingerprint density at radius 2 is 1.78 bits per heavy atom. The van der Waals surface area contributed by atoms with Crippen molar-refractivity contribution >= 4 is 64.1 Å². The Kier molecular flexibility index (Phi) is 5.51. The smallest absolute Gasteiger partial charge is 0.270 e. The van der Waals surface area contributed by atoms with Gasteiger partial charge in [0.2, 0.25) is 0 Å². The highest BCUT2D eigenvalue weighted by Crippen LogP contribution is 2.29. The molecule has 0 unspecified atom stereocenters. The molecule has 1 aliphatic heterocycles. The summed E-state index contributed by atoms with van der Waals surface area (Å²) < 4.78 is 5.23. The van der Waals surface area contributed by atoms with Crippen molar-refractivity contribution in [1.29, 1.82) is 0 Å². The molecule has 8 heteroatoms. The van der Waals surface area contributed by atoms with Crippen molar-refractivity contribution in [3.63, 3.8) is 0 Å². The highest BCUT2D eigenvalue weighted by Gasteiger charge is 2.34. The number of nitrogens with one attached hydrogen (secondary N) is 1. The number of carbonyl (C=O) groups is 2. The van der Waals surface area contributed by atoms with Crippen molar-refractivity contribution < 1.29 is 14.3 Å². The van der Waals surface area contributed by atoms with Crippen molar-refractivity contribution in [1.82, 2.24) is 5.32 Å². The Balaban J connectivity index is 2.03. The van der Waals surface area contributed by atoms with Gasteiger partial charge in [0, 0.05) is 10.0 Å². The molecule has 0 radical (unpaired) electrons. The van der Waals surface area contributed by atoms with E-state index in [4.69, 9.17) is 40.2 Å². The predicted octanol–water partition coefficient (Wildman–Crippen LogP) is 4.14. The maximum Gasteiger partial charge on any atom is 0.270 e. The molecule has 0 saturated carbocycles. The number of ether oxygens (including phenoxy) is 1. The third-order valence-corrected chi connectivity index (χ3v) is 4.66. The molecule has 0 aromatic heterocycles. The quantitative estimate of drug-likeness (QED) is 0.460. The summed E-state index contributed by atoms with van der Waals surface area (Å²) in [5.41, 5.74) is 1.89. The van der Waals surface area contributed by atoms with Gasteiger partial charge in [0.05, 0.1) is 12.8 Å². The van der Waals surface area contributed by atoms with E-state index in [9.17, 15) is 9.59 Å². The van der Waals surface area contributed by atoms with E-state index in [1.807, 2.05) is 13.0 Å². The van der Waals surface area contributed by atoms with Gasteiger partial charge in [-0.3, -0.25) is 19.8 Å². The summed E-state index contributed by atoms with van der Waals surface area (Å²) in [6, 6.07) is 9.98. The van der Waals surface area contributed by atoms with Gasteiger partial charge in [-0.05, 0) is 66.7 Å². The molecule has 3 rings (SSSR count). The van der Waals surface area contributed by atoms with E-state index in [1.165, 1.54) is 11.0 Å². The van der Waals surface area contributed by atoms with Gasteiger partial charge in [-0.1, -0.05) is 29.3 Å². The molecule has 0 atom stereocenters. The number of anilines is 1. The molecule has 27 heavy (non-hydrogen) atoms. The Labute approximate surface area is 171 Å². The molecule has 0 spiro atoms. The summed E-state index contributed by atoms with van der Waals surface area (Å²) in [6.07, 6.45) is 1.50. The molecule has 0 bridgehead atoms. The second-order valence-electron chi connectivity index (χ2n) is 5.81. The zero-order chi connectivity index (χ0) is 19.7. The monoisotopic (exact) mass is 420 g/mol. The number of hydrogen-bond donors (Lipinski definition) is 1. The fourth-order valence-corrected chi connectivity index (χ4v) is 3.51. The van der Waals surface area contributed by atoms with Crippen LogP contribution < -0.4 is 15.0 Å². The van der Waals surface area contributed by atoms with Crippen molar-refractivity contribution in [2.45, 2.75) is 6.92 Å².